The first-order chi connectivity index (χ1) is 13.7. The van der Waals surface area contributed by atoms with E-state index in [4.69, 9.17) is 9.47 Å². The normalized spacial score (nSPS) is 10.5. The van der Waals surface area contributed by atoms with Crippen molar-refractivity contribution in [1.82, 2.24) is 0 Å². The summed E-state index contributed by atoms with van der Waals surface area (Å²) >= 11 is 7.15. The SMILES string of the molecule is Brc1ccc(-c2ccc(Br)c(Oc3ccccc3)c2)cc1Oc1ccccc1. The van der Waals surface area contributed by atoms with Gasteiger partial charge in [-0.05, 0) is 91.5 Å². The van der Waals surface area contributed by atoms with Gasteiger partial charge in [0.2, 0.25) is 0 Å². The molecule has 0 radical (unpaired) electrons. The average molecular weight is 496 g/mol. The van der Waals surface area contributed by atoms with Crippen LogP contribution in [-0.4, -0.2) is 0 Å². The van der Waals surface area contributed by atoms with Gasteiger partial charge in [0.1, 0.15) is 23.0 Å². The second-order valence-corrected chi connectivity index (χ2v) is 7.83. The van der Waals surface area contributed by atoms with Gasteiger partial charge in [0.15, 0.2) is 0 Å². The molecule has 4 heteroatoms. The molecule has 0 N–H and O–H groups in total. The van der Waals surface area contributed by atoms with E-state index in [0.717, 1.165) is 43.1 Å². The standard InChI is InChI=1S/C24H16Br2O2/c25-21-13-11-17(15-23(21)27-19-7-3-1-4-8-19)18-12-14-22(26)24(16-18)28-20-9-5-2-6-10-20/h1-16H. The molecule has 0 spiro atoms. The second kappa shape index (κ2) is 8.63. The number of ether oxygens (including phenoxy) is 2. The van der Waals surface area contributed by atoms with Crippen LogP contribution in [0.25, 0.3) is 11.1 Å². The molecule has 0 saturated heterocycles. The lowest BCUT2D eigenvalue weighted by atomic mass is 10.1. The third kappa shape index (κ3) is 4.46. The Bertz CT molecular complexity index is 991. The summed E-state index contributed by atoms with van der Waals surface area (Å²) in [5.74, 6) is 3.11. The lowest BCUT2D eigenvalue weighted by molar-refractivity contribution is 0.479. The monoisotopic (exact) mass is 494 g/mol. The number of rotatable bonds is 5. The van der Waals surface area contributed by atoms with Crippen LogP contribution in [0.15, 0.2) is 106 Å². The lowest BCUT2D eigenvalue weighted by Crippen LogP contribution is -1.89. The molecule has 4 aromatic carbocycles. The van der Waals surface area contributed by atoms with E-state index in [1.165, 1.54) is 0 Å². The minimum atomic E-state index is 0.761. The van der Waals surface area contributed by atoms with E-state index in [-0.39, 0.29) is 0 Å². The maximum Gasteiger partial charge on any atom is 0.142 e. The summed E-state index contributed by atoms with van der Waals surface area (Å²) in [4.78, 5) is 0. The van der Waals surface area contributed by atoms with Crippen LogP contribution in [0.2, 0.25) is 0 Å². The summed E-state index contributed by atoms with van der Waals surface area (Å²) in [5, 5.41) is 0. The van der Waals surface area contributed by atoms with Crippen molar-refractivity contribution in [2.24, 2.45) is 0 Å². The van der Waals surface area contributed by atoms with E-state index in [9.17, 15) is 0 Å². The number of benzene rings is 4. The van der Waals surface area contributed by atoms with Crippen LogP contribution in [-0.2, 0) is 0 Å². The summed E-state index contributed by atoms with van der Waals surface area (Å²) in [6, 6.07) is 31.6. The minimum Gasteiger partial charge on any atom is -0.456 e. The Kier molecular flexibility index (Phi) is 5.79. The average Bonchev–Trinajstić information content (AvgIpc) is 2.73. The molecule has 4 rings (SSSR count). The Labute approximate surface area is 181 Å². The highest BCUT2D eigenvalue weighted by Crippen LogP contribution is 2.37. The van der Waals surface area contributed by atoms with Gasteiger partial charge in [0, 0.05) is 0 Å². The maximum atomic E-state index is 6.03. The van der Waals surface area contributed by atoms with Gasteiger partial charge in [-0.2, -0.15) is 0 Å². The van der Waals surface area contributed by atoms with Crippen LogP contribution in [0.3, 0.4) is 0 Å². The largest absolute Gasteiger partial charge is 0.456 e. The number of halogens is 2. The molecule has 28 heavy (non-hydrogen) atoms. The van der Waals surface area contributed by atoms with Gasteiger partial charge in [0.05, 0.1) is 8.95 Å². The zero-order valence-corrected chi connectivity index (χ0v) is 18.0. The fourth-order valence-corrected chi connectivity index (χ4v) is 3.41. The molecule has 0 atom stereocenters. The van der Waals surface area contributed by atoms with Crippen molar-refractivity contribution in [2.75, 3.05) is 0 Å². The number of hydrogen-bond acceptors (Lipinski definition) is 2. The fourth-order valence-electron chi connectivity index (χ4n) is 2.75. The molecule has 0 bridgehead atoms. The summed E-state index contributed by atoms with van der Waals surface area (Å²) in [5.41, 5.74) is 2.08. The minimum absolute atomic E-state index is 0.761. The van der Waals surface area contributed by atoms with Crippen molar-refractivity contribution < 1.29 is 9.47 Å². The van der Waals surface area contributed by atoms with Crippen molar-refractivity contribution in [3.8, 4) is 34.1 Å². The maximum absolute atomic E-state index is 6.03. The summed E-state index contributed by atoms with van der Waals surface area (Å²) in [6.45, 7) is 0. The van der Waals surface area contributed by atoms with Gasteiger partial charge in [-0.1, -0.05) is 48.5 Å². The quantitative estimate of drug-likeness (QED) is 0.276. The topological polar surface area (TPSA) is 18.5 Å². The molecule has 4 aromatic rings. The first-order valence-electron chi connectivity index (χ1n) is 8.74. The summed E-state index contributed by atoms with van der Waals surface area (Å²) in [6.07, 6.45) is 0. The molecule has 0 aromatic heterocycles. The third-order valence-electron chi connectivity index (χ3n) is 4.14. The van der Waals surface area contributed by atoms with E-state index in [0.29, 0.717) is 0 Å². The predicted octanol–water partition coefficient (Wildman–Crippen LogP) is 8.46. The van der Waals surface area contributed by atoms with Gasteiger partial charge in [-0.3, -0.25) is 0 Å². The van der Waals surface area contributed by atoms with E-state index in [1.807, 2.05) is 84.9 Å². The molecule has 0 heterocycles. The van der Waals surface area contributed by atoms with Gasteiger partial charge in [-0.25, -0.2) is 0 Å². The van der Waals surface area contributed by atoms with Crippen molar-refractivity contribution >= 4 is 31.9 Å². The van der Waals surface area contributed by atoms with E-state index in [1.54, 1.807) is 0 Å². The number of hydrogen-bond donors (Lipinski definition) is 0. The van der Waals surface area contributed by atoms with E-state index >= 15 is 0 Å². The van der Waals surface area contributed by atoms with Gasteiger partial charge in [0.25, 0.3) is 0 Å². The van der Waals surface area contributed by atoms with Crippen molar-refractivity contribution in [2.45, 2.75) is 0 Å². The summed E-state index contributed by atoms with van der Waals surface area (Å²) in [7, 11) is 0. The molecular weight excluding hydrogens is 480 g/mol. The van der Waals surface area contributed by atoms with Crippen LogP contribution in [0, 0.1) is 0 Å². The predicted molar refractivity (Wildman–Crippen MR) is 120 cm³/mol. The second-order valence-electron chi connectivity index (χ2n) is 6.12. The molecular formula is C24H16Br2O2. The molecule has 138 valence electrons. The van der Waals surface area contributed by atoms with Crippen LogP contribution in [0.1, 0.15) is 0 Å². The highest BCUT2D eigenvalue weighted by molar-refractivity contribution is 9.10. The Morgan fingerprint density at radius 2 is 0.857 bits per heavy atom. The Morgan fingerprint density at radius 3 is 1.25 bits per heavy atom. The van der Waals surface area contributed by atoms with E-state index in [2.05, 4.69) is 44.0 Å². The molecule has 0 aliphatic rings. The first kappa shape index (κ1) is 18.8. The van der Waals surface area contributed by atoms with Gasteiger partial charge in [-0.15, -0.1) is 0 Å². The van der Waals surface area contributed by atoms with Gasteiger partial charge < -0.3 is 9.47 Å². The fraction of sp³-hybridized carbons (Fsp3) is 0. The van der Waals surface area contributed by atoms with Crippen molar-refractivity contribution in [3.05, 3.63) is 106 Å². The van der Waals surface area contributed by atoms with E-state index < -0.39 is 0 Å². The molecule has 0 aliphatic carbocycles. The third-order valence-corrected chi connectivity index (χ3v) is 5.45. The smallest absolute Gasteiger partial charge is 0.142 e. The van der Waals surface area contributed by atoms with Gasteiger partial charge >= 0.3 is 0 Å². The van der Waals surface area contributed by atoms with Crippen molar-refractivity contribution in [3.63, 3.8) is 0 Å². The van der Waals surface area contributed by atoms with Crippen LogP contribution in [0.4, 0.5) is 0 Å². The first-order valence-corrected chi connectivity index (χ1v) is 10.3. The Morgan fingerprint density at radius 1 is 0.464 bits per heavy atom. The molecule has 2 nitrogen and oxygen atoms in total. The molecule has 0 amide bonds. The highest BCUT2D eigenvalue weighted by atomic mass is 79.9. The Hall–Kier alpha value is -2.56. The highest BCUT2D eigenvalue weighted by Gasteiger charge is 2.10. The summed E-state index contributed by atoms with van der Waals surface area (Å²) < 4.78 is 13.9. The molecule has 0 fully saturated rings. The zero-order valence-electron chi connectivity index (χ0n) is 14.8. The molecule has 0 unspecified atom stereocenters. The van der Waals surface area contributed by atoms with Crippen LogP contribution < -0.4 is 9.47 Å². The van der Waals surface area contributed by atoms with Crippen LogP contribution >= 0.6 is 31.9 Å². The van der Waals surface area contributed by atoms with Crippen LogP contribution in [0.5, 0.6) is 23.0 Å². The zero-order chi connectivity index (χ0) is 19.3. The molecule has 0 aliphatic heterocycles. The Balaban J connectivity index is 1.65. The van der Waals surface area contributed by atoms with Crippen molar-refractivity contribution in [1.29, 1.82) is 0 Å². The molecule has 0 saturated carbocycles. The lowest BCUT2D eigenvalue weighted by Gasteiger charge is -2.12. The number of para-hydroxylation sites is 2.